The number of unbranched alkanes of at least 4 members (excludes halogenated alkanes) is 1. The molecule has 0 bridgehead atoms. The maximum absolute atomic E-state index is 13.6. The minimum atomic E-state index is -4.07. The first-order valence-electron chi connectivity index (χ1n) is 16.4. The second-order valence-electron chi connectivity index (χ2n) is 12.4. The number of aryl methyl sites for hydroxylation is 2. The van der Waals surface area contributed by atoms with Crippen LogP contribution >= 0.6 is 23.8 Å². The largest absolute Gasteiger partial charge is 0.372 e. The molecule has 53 heavy (non-hydrogen) atoms. The lowest BCUT2D eigenvalue weighted by molar-refractivity contribution is 0.581. The van der Waals surface area contributed by atoms with Crippen LogP contribution in [0.25, 0.3) is 22.5 Å². The summed E-state index contributed by atoms with van der Waals surface area (Å²) in [7, 11) is -4.00. The molecule has 0 saturated carbocycles. The summed E-state index contributed by atoms with van der Waals surface area (Å²) in [4.78, 5) is 20.4. The maximum atomic E-state index is 13.6. The number of aromatic nitrogens is 6. The van der Waals surface area contributed by atoms with Crippen molar-refractivity contribution in [3.8, 4) is 22.5 Å². The number of tetrazole rings is 1. The maximum Gasteiger partial charge on any atom is 0.257 e. The van der Waals surface area contributed by atoms with Crippen LogP contribution < -0.4 is 20.7 Å². The zero-order valence-electron chi connectivity index (χ0n) is 29.4. The highest BCUT2D eigenvalue weighted by Gasteiger charge is 2.27. The van der Waals surface area contributed by atoms with Crippen LogP contribution in [0.1, 0.15) is 42.4 Å². The van der Waals surface area contributed by atoms with Crippen molar-refractivity contribution in [2.75, 3.05) is 26.1 Å². The van der Waals surface area contributed by atoms with Gasteiger partial charge in [0.05, 0.1) is 28.9 Å². The Labute approximate surface area is 318 Å². The highest BCUT2D eigenvalue weighted by atomic mass is 35.5. The molecule has 0 unspecified atom stereocenters. The van der Waals surface area contributed by atoms with Gasteiger partial charge in [0.25, 0.3) is 5.56 Å². The lowest BCUT2D eigenvalue weighted by atomic mass is 9.98. The molecule has 3 aromatic carbocycles. The standard InChI is InChI=1S/C27H31N7OS.C7H8ClN3O4S2/c1-5-6-11-24-28-18(2)23(16-25(36)33(3)4)27(35)34(24)17-19-12-14-20(15-13-19)21-9-7-8-10-22(21)26-29-31-32-30-26;8-4-1-5-7(2-6(4)16(9,12)13)17(14,15)11-3-10-5/h7-10,12-15H,5-6,11,16-17H2,1-4H3,(H,29,30,31,32);1-2,10-11H,3H2,(H2,9,12,13). The molecule has 1 aliphatic heterocycles. The molecular weight excluding hydrogens is 760 g/mol. The SMILES string of the molecule is CCCCc1nc(C)c(CC(=S)N(C)C)c(=O)n1Cc1ccc(-c2ccccc2-c2nn[nH]n2)cc1.NS(=O)(=O)c1cc2c(cc1Cl)NCNS2(=O)=O. The van der Waals surface area contributed by atoms with Gasteiger partial charge in [-0.05, 0) is 47.4 Å². The van der Waals surface area contributed by atoms with Crippen molar-refractivity contribution in [1.82, 2.24) is 39.8 Å². The number of halogens is 1. The Morgan fingerprint density at radius 2 is 1.79 bits per heavy atom. The molecule has 15 nitrogen and oxygen atoms in total. The summed E-state index contributed by atoms with van der Waals surface area (Å²) in [6, 6.07) is 18.4. The quantitative estimate of drug-likeness (QED) is 0.148. The van der Waals surface area contributed by atoms with Crippen molar-refractivity contribution in [2.24, 2.45) is 5.14 Å². The Kier molecular flexibility index (Phi) is 12.4. The Balaban J connectivity index is 0.000000265. The topological polar surface area (TPSA) is 211 Å². The molecule has 5 aromatic rings. The first-order valence-corrected chi connectivity index (χ1v) is 20.2. The number of hydrogen-bond acceptors (Lipinski definition) is 11. The van der Waals surface area contributed by atoms with E-state index in [-0.39, 0.29) is 27.8 Å². The van der Waals surface area contributed by atoms with Crippen molar-refractivity contribution < 1.29 is 16.8 Å². The molecule has 280 valence electrons. The zero-order chi connectivity index (χ0) is 38.5. The number of fused-ring (bicyclic) bond motifs is 1. The number of anilines is 1. The lowest BCUT2D eigenvalue weighted by Crippen LogP contribution is -2.34. The van der Waals surface area contributed by atoms with Gasteiger partial charge in [-0.1, -0.05) is 85.7 Å². The lowest BCUT2D eigenvalue weighted by Gasteiger charge is -2.20. The van der Waals surface area contributed by atoms with E-state index in [1.54, 1.807) is 0 Å². The van der Waals surface area contributed by atoms with Crippen LogP contribution in [0.15, 0.2) is 75.2 Å². The van der Waals surface area contributed by atoms with Crippen LogP contribution in [0.4, 0.5) is 5.69 Å². The first kappa shape index (κ1) is 39.6. The van der Waals surface area contributed by atoms with E-state index in [0.717, 1.165) is 64.1 Å². The van der Waals surface area contributed by atoms with E-state index < -0.39 is 24.9 Å². The van der Waals surface area contributed by atoms with Crippen molar-refractivity contribution in [2.45, 2.75) is 55.9 Å². The van der Waals surface area contributed by atoms with E-state index in [1.165, 1.54) is 6.07 Å². The summed E-state index contributed by atoms with van der Waals surface area (Å²) in [5, 5.41) is 22.0. The fourth-order valence-corrected chi connectivity index (χ4v) is 7.98. The van der Waals surface area contributed by atoms with Crippen LogP contribution in [0.2, 0.25) is 5.02 Å². The summed E-state index contributed by atoms with van der Waals surface area (Å²) in [6.45, 7) is 4.52. The molecule has 5 N–H and O–H groups in total. The van der Waals surface area contributed by atoms with Gasteiger partial charge in [-0.25, -0.2) is 27.0 Å². The molecular formula is C34H39ClN10O5S3. The second-order valence-corrected chi connectivity index (χ2v) is 16.5. The van der Waals surface area contributed by atoms with Crippen LogP contribution in [-0.2, 0) is 39.4 Å². The molecule has 0 saturated heterocycles. The van der Waals surface area contributed by atoms with Gasteiger partial charge in [-0.15, -0.1) is 10.2 Å². The van der Waals surface area contributed by atoms with Crippen molar-refractivity contribution >= 4 is 54.5 Å². The average Bonchev–Trinajstić information content (AvgIpc) is 3.65. The molecule has 0 fully saturated rings. The molecule has 0 spiro atoms. The van der Waals surface area contributed by atoms with Crippen LogP contribution in [0.5, 0.6) is 0 Å². The summed E-state index contributed by atoms with van der Waals surface area (Å²) in [6.07, 6.45) is 3.20. The van der Waals surface area contributed by atoms with Crippen molar-refractivity contribution in [3.05, 3.63) is 98.7 Å². The molecule has 2 aromatic heterocycles. The number of thiocarbonyl (C=S) groups is 1. The van der Waals surface area contributed by atoms with E-state index in [1.807, 2.05) is 54.8 Å². The second kappa shape index (κ2) is 16.6. The number of nitrogens with two attached hydrogens (primary N) is 1. The predicted octanol–water partition coefficient (Wildman–Crippen LogP) is 3.87. The van der Waals surface area contributed by atoms with Gasteiger partial charge in [0.2, 0.25) is 25.9 Å². The average molecular weight is 799 g/mol. The van der Waals surface area contributed by atoms with Crippen molar-refractivity contribution in [1.29, 1.82) is 0 Å². The van der Waals surface area contributed by atoms with E-state index >= 15 is 0 Å². The minimum absolute atomic E-state index is 0.00988. The highest BCUT2D eigenvalue weighted by Crippen LogP contribution is 2.32. The van der Waals surface area contributed by atoms with Gasteiger partial charge >= 0.3 is 0 Å². The predicted molar refractivity (Wildman–Crippen MR) is 208 cm³/mol. The smallest absolute Gasteiger partial charge is 0.257 e. The molecule has 0 aliphatic carbocycles. The summed E-state index contributed by atoms with van der Waals surface area (Å²) < 4.78 is 49.7. The number of hydrogen-bond donors (Lipinski definition) is 4. The number of H-pyrrole nitrogens is 1. The monoisotopic (exact) mass is 798 g/mol. The van der Waals surface area contributed by atoms with Crippen LogP contribution in [-0.4, -0.2) is 77.7 Å². The van der Waals surface area contributed by atoms with E-state index in [2.05, 4.69) is 61.9 Å². The summed E-state index contributed by atoms with van der Waals surface area (Å²) >= 11 is 11.2. The number of likely N-dealkylation sites (N-methyl/N-ethyl adjacent to an activating group) is 1. The number of nitrogens with zero attached hydrogens (tertiary/aromatic N) is 6. The molecule has 0 amide bonds. The first-order chi connectivity index (χ1) is 25.1. The normalized spacial score (nSPS) is 13.3. The third-order valence-electron chi connectivity index (χ3n) is 8.42. The Hall–Kier alpha value is -4.59. The molecule has 0 radical (unpaired) electrons. The number of nitrogens with one attached hydrogen (secondary N) is 3. The number of aromatic amines is 1. The summed E-state index contributed by atoms with van der Waals surface area (Å²) in [5.41, 5.74) is 5.65. The van der Waals surface area contributed by atoms with Gasteiger partial charge in [0, 0.05) is 43.8 Å². The van der Waals surface area contributed by atoms with E-state index in [9.17, 15) is 21.6 Å². The molecule has 3 heterocycles. The van der Waals surface area contributed by atoms with Crippen LogP contribution in [0.3, 0.4) is 0 Å². The zero-order valence-corrected chi connectivity index (χ0v) is 32.6. The highest BCUT2D eigenvalue weighted by molar-refractivity contribution is 7.90. The Bertz CT molecular complexity index is 2400. The van der Waals surface area contributed by atoms with Gasteiger partial charge in [-0.3, -0.25) is 9.36 Å². The Morgan fingerprint density at radius 1 is 1.09 bits per heavy atom. The van der Waals surface area contributed by atoms with Crippen molar-refractivity contribution in [3.63, 3.8) is 0 Å². The fraction of sp³-hybridized carbons (Fsp3) is 0.294. The van der Waals surface area contributed by atoms with E-state index in [0.29, 0.717) is 24.4 Å². The minimum Gasteiger partial charge on any atom is -0.372 e. The number of benzene rings is 3. The molecule has 19 heteroatoms. The third kappa shape index (κ3) is 9.32. The number of primary sulfonamides is 1. The fourth-order valence-electron chi connectivity index (χ4n) is 5.55. The van der Waals surface area contributed by atoms with Crippen LogP contribution in [0, 0.1) is 6.92 Å². The van der Waals surface area contributed by atoms with Gasteiger partial charge in [0.15, 0.2) is 0 Å². The Morgan fingerprint density at radius 3 is 2.42 bits per heavy atom. The van der Waals surface area contributed by atoms with Gasteiger partial charge in [-0.2, -0.15) is 9.94 Å². The third-order valence-corrected chi connectivity index (χ3v) is 11.7. The number of rotatable bonds is 10. The number of sulfonamides is 2. The van der Waals surface area contributed by atoms with E-state index in [4.69, 9.17) is 33.9 Å². The molecule has 0 atom stereocenters. The van der Waals surface area contributed by atoms with Gasteiger partial charge in [0.1, 0.15) is 15.6 Å². The molecule has 6 rings (SSSR count). The van der Waals surface area contributed by atoms with Gasteiger partial charge < -0.3 is 10.2 Å². The molecule has 1 aliphatic rings. The summed E-state index contributed by atoms with van der Waals surface area (Å²) in [5.74, 6) is 1.38.